The van der Waals surface area contributed by atoms with Crippen LogP contribution in [0.1, 0.15) is 108 Å². The second kappa shape index (κ2) is 13.1. The minimum atomic E-state index is 1.04. The van der Waals surface area contributed by atoms with Crippen LogP contribution in [0.5, 0.6) is 0 Å². The van der Waals surface area contributed by atoms with Crippen LogP contribution in [-0.2, 0) is 19.3 Å². The van der Waals surface area contributed by atoms with Crippen LogP contribution in [0.25, 0.3) is 0 Å². The molecule has 0 heterocycles. The first-order valence-corrected chi connectivity index (χ1v) is 10.4. The van der Waals surface area contributed by atoms with Crippen molar-refractivity contribution in [2.45, 2.75) is 105 Å². The van der Waals surface area contributed by atoms with Gasteiger partial charge in [0.25, 0.3) is 0 Å². The Balaban J connectivity index is 3.15. The molecular weight excluding hydrogens is 288 g/mol. The molecule has 0 heteroatoms. The molecule has 0 aliphatic heterocycles. The third-order valence-corrected chi connectivity index (χ3v) is 4.65. The lowest BCUT2D eigenvalue weighted by Crippen LogP contribution is -2.01. The van der Waals surface area contributed by atoms with Gasteiger partial charge in [-0.1, -0.05) is 77.4 Å². The number of unbranched alkanes of at least 4 members (excludes halogenated alkanes) is 5. The summed E-state index contributed by atoms with van der Waals surface area (Å²) in [6, 6.07) is 4.93. The molecule has 1 aromatic rings. The highest BCUT2D eigenvalue weighted by atomic mass is 14.1. The summed E-state index contributed by atoms with van der Waals surface area (Å²) in [6.45, 7) is 9.09. The third kappa shape index (κ3) is 7.57. The van der Waals surface area contributed by atoms with Crippen LogP contribution in [0.4, 0.5) is 0 Å². The fourth-order valence-electron chi connectivity index (χ4n) is 3.07. The van der Waals surface area contributed by atoms with Gasteiger partial charge in [0.15, 0.2) is 0 Å². The Morgan fingerprint density at radius 3 is 1.67 bits per heavy atom. The fraction of sp³-hybridized carbons (Fsp3) is 0.667. The molecule has 0 bridgehead atoms. The van der Waals surface area contributed by atoms with E-state index in [9.17, 15) is 0 Å². The predicted molar refractivity (Wildman–Crippen MR) is 109 cm³/mol. The molecule has 0 unspecified atom stereocenters. The molecular formula is C24H38. The monoisotopic (exact) mass is 326 g/mol. The highest BCUT2D eigenvalue weighted by Gasteiger charge is 2.09. The lowest BCUT2D eigenvalue weighted by Gasteiger charge is -2.14. The van der Waals surface area contributed by atoms with Crippen LogP contribution in [0.2, 0.25) is 0 Å². The van der Waals surface area contributed by atoms with Crippen LogP contribution in [0.15, 0.2) is 12.1 Å². The lowest BCUT2D eigenvalue weighted by atomic mass is 9.90. The zero-order chi connectivity index (χ0) is 17.6. The van der Waals surface area contributed by atoms with E-state index < -0.39 is 0 Å². The van der Waals surface area contributed by atoms with Crippen LogP contribution >= 0.6 is 0 Å². The summed E-state index contributed by atoms with van der Waals surface area (Å²) in [5.41, 5.74) is 5.93. The third-order valence-electron chi connectivity index (χ3n) is 4.65. The summed E-state index contributed by atoms with van der Waals surface area (Å²) >= 11 is 0. The number of rotatable bonds is 11. The molecule has 0 amide bonds. The molecule has 24 heavy (non-hydrogen) atoms. The normalized spacial score (nSPS) is 10.5. The fourth-order valence-corrected chi connectivity index (χ4v) is 3.07. The van der Waals surface area contributed by atoms with Crippen LogP contribution < -0.4 is 0 Å². The van der Waals surface area contributed by atoms with Gasteiger partial charge in [0.1, 0.15) is 0 Å². The van der Waals surface area contributed by atoms with Crippen molar-refractivity contribution in [3.05, 3.63) is 34.4 Å². The molecule has 0 spiro atoms. The highest BCUT2D eigenvalue weighted by molar-refractivity contribution is 5.50. The lowest BCUT2D eigenvalue weighted by molar-refractivity contribution is 0.764. The molecule has 0 aromatic heterocycles. The Morgan fingerprint density at radius 2 is 1.17 bits per heavy atom. The van der Waals surface area contributed by atoms with E-state index >= 15 is 0 Å². The van der Waals surface area contributed by atoms with Gasteiger partial charge < -0.3 is 0 Å². The zero-order valence-electron chi connectivity index (χ0n) is 16.6. The van der Waals surface area contributed by atoms with Crippen molar-refractivity contribution in [1.29, 1.82) is 0 Å². The molecule has 0 saturated heterocycles. The van der Waals surface area contributed by atoms with Gasteiger partial charge in [0.2, 0.25) is 0 Å². The summed E-state index contributed by atoms with van der Waals surface area (Å²) in [7, 11) is 0. The molecule has 0 saturated carbocycles. The van der Waals surface area contributed by atoms with Crippen molar-refractivity contribution >= 4 is 0 Å². The van der Waals surface area contributed by atoms with Crippen LogP contribution in [0.3, 0.4) is 0 Å². The topological polar surface area (TPSA) is 0 Å². The minimum absolute atomic E-state index is 1.04. The van der Waals surface area contributed by atoms with Crippen LogP contribution in [0, 0.1) is 11.8 Å². The van der Waals surface area contributed by atoms with Gasteiger partial charge in [0.05, 0.1) is 0 Å². The standard InChI is InChI=1S/C24H38/c1-5-9-13-14-18-24-22(16-11-7-3)19-21(15-10-6-2)20-23(24)17-12-8-4/h19-20H,5-13,15-17H2,1-4H3. The van der Waals surface area contributed by atoms with Crippen molar-refractivity contribution in [3.8, 4) is 11.8 Å². The first-order valence-electron chi connectivity index (χ1n) is 10.4. The number of aryl methyl sites for hydroxylation is 3. The van der Waals surface area contributed by atoms with Gasteiger partial charge in [-0.05, 0) is 61.6 Å². The van der Waals surface area contributed by atoms with E-state index in [1.807, 2.05) is 0 Å². The first-order chi connectivity index (χ1) is 11.8. The van der Waals surface area contributed by atoms with Crippen molar-refractivity contribution in [3.63, 3.8) is 0 Å². The van der Waals surface area contributed by atoms with Crippen molar-refractivity contribution < 1.29 is 0 Å². The van der Waals surface area contributed by atoms with Gasteiger partial charge in [-0.2, -0.15) is 0 Å². The van der Waals surface area contributed by atoms with Gasteiger partial charge in [-0.3, -0.25) is 0 Å². The molecule has 0 nitrogen and oxygen atoms in total. The average Bonchev–Trinajstić information content (AvgIpc) is 2.60. The average molecular weight is 327 g/mol. The van der Waals surface area contributed by atoms with Crippen molar-refractivity contribution in [2.75, 3.05) is 0 Å². The summed E-state index contributed by atoms with van der Waals surface area (Å²) in [4.78, 5) is 0. The summed E-state index contributed by atoms with van der Waals surface area (Å²) < 4.78 is 0. The predicted octanol–water partition coefficient (Wildman–Crippen LogP) is 7.26. The Labute approximate surface area is 151 Å². The quantitative estimate of drug-likeness (QED) is 0.296. The molecule has 0 aliphatic rings. The second-order valence-corrected chi connectivity index (χ2v) is 7.01. The highest BCUT2D eigenvalue weighted by Crippen LogP contribution is 2.23. The largest absolute Gasteiger partial charge is 0.0979 e. The summed E-state index contributed by atoms with van der Waals surface area (Å²) in [5, 5.41) is 0. The number of benzene rings is 1. The summed E-state index contributed by atoms with van der Waals surface area (Å²) in [6.07, 6.45) is 14.7. The first kappa shape index (κ1) is 20.8. The molecule has 0 N–H and O–H groups in total. The molecule has 0 radical (unpaired) electrons. The second-order valence-electron chi connectivity index (χ2n) is 7.01. The maximum Gasteiger partial charge on any atom is 0.0309 e. The van der Waals surface area contributed by atoms with Crippen LogP contribution in [-0.4, -0.2) is 0 Å². The Kier molecular flexibility index (Phi) is 11.4. The van der Waals surface area contributed by atoms with E-state index in [1.165, 1.54) is 92.9 Å². The van der Waals surface area contributed by atoms with Crippen molar-refractivity contribution in [1.82, 2.24) is 0 Å². The van der Waals surface area contributed by atoms with E-state index in [4.69, 9.17) is 0 Å². The van der Waals surface area contributed by atoms with E-state index in [-0.39, 0.29) is 0 Å². The van der Waals surface area contributed by atoms with Gasteiger partial charge >= 0.3 is 0 Å². The van der Waals surface area contributed by atoms with E-state index in [0.717, 1.165) is 6.42 Å². The Bertz CT molecular complexity index is 484. The zero-order valence-corrected chi connectivity index (χ0v) is 16.6. The van der Waals surface area contributed by atoms with Gasteiger partial charge in [-0.25, -0.2) is 0 Å². The van der Waals surface area contributed by atoms with Gasteiger partial charge in [0, 0.05) is 12.0 Å². The minimum Gasteiger partial charge on any atom is -0.0979 e. The maximum atomic E-state index is 3.57. The smallest absolute Gasteiger partial charge is 0.0309 e. The Hall–Kier alpha value is -1.22. The molecule has 1 rings (SSSR count). The van der Waals surface area contributed by atoms with E-state index in [2.05, 4.69) is 51.7 Å². The van der Waals surface area contributed by atoms with E-state index in [0.29, 0.717) is 0 Å². The molecule has 0 aliphatic carbocycles. The van der Waals surface area contributed by atoms with Gasteiger partial charge in [-0.15, -0.1) is 0 Å². The number of hydrogen-bond acceptors (Lipinski definition) is 0. The Morgan fingerprint density at radius 1 is 0.667 bits per heavy atom. The molecule has 1 aromatic carbocycles. The SMILES string of the molecule is CCCCC#Cc1c(CCCC)cc(CCCC)cc1CCCC. The maximum absolute atomic E-state index is 3.57. The molecule has 0 fully saturated rings. The van der Waals surface area contributed by atoms with E-state index in [1.54, 1.807) is 0 Å². The molecule has 134 valence electrons. The number of hydrogen-bond donors (Lipinski definition) is 0. The molecule has 0 atom stereocenters. The van der Waals surface area contributed by atoms with Crippen molar-refractivity contribution in [2.24, 2.45) is 0 Å². The summed E-state index contributed by atoms with van der Waals surface area (Å²) in [5.74, 6) is 7.02.